The van der Waals surface area contributed by atoms with Crippen LogP contribution in [0.1, 0.15) is 34.6 Å². The molecule has 0 bridgehead atoms. The van der Waals surface area contributed by atoms with Crippen LogP contribution in [0.3, 0.4) is 0 Å². The second kappa shape index (κ2) is 5.80. The van der Waals surface area contributed by atoms with Gasteiger partial charge < -0.3 is 9.32 Å². The van der Waals surface area contributed by atoms with Crippen molar-refractivity contribution in [2.75, 3.05) is 6.54 Å². The Morgan fingerprint density at radius 1 is 1.15 bits per heavy atom. The highest BCUT2D eigenvalue weighted by Gasteiger charge is 2.42. The fraction of sp³-hybridized carbons (Fsp3) is 0.158. The molecule has 2 aromatic carbocycles. The number of nitrogens with zero attached hydrogens (tertiary/aromatic N) is 2. The van der Waals surface area contributed by atoms with Gasteiger partial charge >= 0.3 is 0 Å². The highest BCUT2D eigenvalue weighted by Crippen LogP contribution is 2.38. The Morgan fingerprint density at radius 2 is 1.92 bits per heavy atom. The summed E-state index contributed by atoms with van der Waals surface area (Å²) in [5.41, 5.74) is 0.708. The molecule has 1 aliphatic heterocycles. The molecule has 3 aromatic rings. The Bertz CT molecular complexity index is 1120. The Balaban J connectivity index is 2.01. The molecular formula is C19H14N2O5. The van der Waals surface area contributed by atoms with E-state index in [2.05, 4.69) is 0 Å². The highest BCUT2D eigenvalue weighted by atomic mass is 16.6. The fourth-order valence-corrected chi connectivity index (χ4v) is 3.45. The number of carbonyl (C=O) groups is 1. The summed E-state index contributed by atoms with van der Waals surface area (Å²) in [6, 6.07) is 12.0. The normalized spacial score (nSPS) is 16.1. The zero-order chi connectivity index (χ0) is 18.4. The molecule has 0 saturated carbocycles. The van der Waals surface area contributed by atoms with Crippen molar-refractivity contribution in [2.45, 2.75) is 13.0 Å². The molecule has 0 unspecified atom stereocenters. The van der Waals surface area contributed by atoms with E-state index in [1.165, 1.54) is 17.0 Å². The standard InChI is InChI=1S/C19H14N2O5/c1-2-20-16(11-6-5-7-12(10-11)21(24)25)15-17(22)13-8-3-4-9-14(13)26-18(15)19(20)23/h3-10,16H,2H2,1H3/t16-/m0/s1. The van der Waals surface area contributed by atoms with Crippen LogP contribution in [0.4, 0.5) is 5.69 Å². The third-order valence-electron chi connectivity index (χ3n) is 4.61. The molecule has 130 valence electrons. The van der Waals surface area contributed by atoms with Gasteiger partial charge in [-0.3, -0.25) is 19.7 Å². The molecule has 2 heterocycles. The van der Waals surface area contributed by atoms with Gasteiger partial charge in [0.05, 0.1) is 21.9 Å². The Kier molecular flexibility index (Phi) is 3.57. The van der Waals surface area contributed by atoms with Crippen molar-refractivity contribution in [3.63, 3.8) is 0 Å². The summed E-state index contributed by atoms with van der Waals surface area (Å²) in [5.74, 6) is -0.381. The SMILES string of the molecule is CCN1C(=O)c2oc3ccccc3c(=O)c2[C@@H]1c1cccc([N+](=O)[O-])c1. The van der Waals surface area contributed by atoms with Crippen molar-refractivity contribution in [3.05, 3.63) is 85.8 Å². The molecule has 0 N–H and O–H groups in total. The van der Waals surface area contributed by atoms with Gasteiger partial charge in [0.1, 0.15) is 5.58 Å². The van der Waals surface area contributed by atoms with Gasteiger partial charge in [-0.1, -0.05) is 24.3 Å². The largest absolute Gasteiger partial charge is 0.450 e. The first kappa shape index (κ1) is 16.0. The third-order valence-corrected chi connectivity index (χ3v) is 4.61. The summed E-state index contributed by atoms with van der Waals surface area (Å²) in [6.07, 6.45) is 0. The minimum atomic E-state index is -0.705. The number of hydrogen-bond acceptors (Lipinski definition) is 5. The average molecular weight is 350 g/mol. The van der Waals surface area contributed by atoms with Crippen molar-refractivity contribution < 1.29 is 14.1 Å². The minimum absolute atomic E-state index is 0.00653. The van der Waals surface area contributed by atoms with Crippen molar-refractivity contribution in [2.24, 2.45) is 0 Å². The van der Waals surface area contributed by atoms with Crippen LogP contribution in [0, 0.1) is 10.1 Å². The van der Waals surface area contributed by atoms with E-state index >= 15 is 0 Å². The maximum Gasteiger partial charge on any atom is 0.290 e. The van der Waals surface area contributed by atoms with Gasteiger partial charge in [-0.25, -0.2) is 0 Å². The molecule has 0 saturated heterocycles. The van der Waals surface area contributed by atoms with E-state index < -0.39 is 11.0 Å². The molecule has 1 amide bonds. The summed E-state index contributed by atoms with van der Waals surface area (Å²) in [4.78, 5) is 38.0. The molecule has 0 aliphatic carbocycles. The number of nitro benzene ring substituents is 1. The van der Waals surface area contributed by atoms with Gasteiger partial charge in [0.15, 0.2) is 5.43 Å². The fourth-order valence-electron chi connectivity index (χ4n) is 3.45. The van der Waals surface area contributed by atoms with Gasteiger partial charge in [-0.15, -0.1) is 0 Å². The minimum Gasteiger partial charge on any atom is -0.450 e. The molecule has 4 rings (SSSR count). The summed E-state index contributed by atoms with van der Waals surface area (Å²) in [5, 5.41) is 11.5. The van der Waals surface area contributed by atoms with Crippen LogP contribution < -0.4 is 5.43 Å². The van der Waals surface area contributed by atoms with Gasteiger partial charge in [0.2, 0.25) is 5.76 Å². The first-order valence-corrected chi connectivity index (χ1v) is 8.14. The molecule has 0 radical (unpaired) electrons. The molecule has 7 heteroatoms. The molecule has 1 atom stereocenters. The lowest BCUT2D eigenvalue weighted by Crippen LogP contribution is -2.29. The number of nitro groups is 1. The Hall–Kier alpha value is -3.48. The number of non-ortho nitro benzene ring substituents is 1. The molecular weight excluding hydrogens is 336 g/mol. The summed E-state index contributed by atoms with van der Waals surface area (Å²) >= 11 is 0. The van der Waals surface area contributed by atoms with E-state index in [0.29, 0.717) is 23.1 Å². The van der Waals surface area contributed by atoms with E-state index in [-0.39, 0.29) is 28.3 Å². The first-order chi connectivity index (χ1) is 12.5. The number of benzene rings is 2. The van der Waals surface area contributed by atoms with Crippen LogP contribution in [0.2, 0.25) is 0 Å². The van der Waals surface area contributed by atoms with Crippen molar-refractivity contribution in [1.82, 2.24) is 4.90 Å². The molecule has 1 aliphatic rings. The monoisotopic (exact) mass is 350 g/mol. The lowest BCUT2D eigenvalue weighted by Gasteiger charge is -2.23. The van der Waals surface area contributed by atoms with E-state index in [4.69, 9.17) is 4.42 Å². The van der Waals surface area contributed by atoms with Gasteiger partial charge in [0.25, 0.3) is 11.6 Å². The van der Waals surface area contributed by atoms with E-state index in [9.17, 15) is 19.7 Å². The third kappa shape index (κ3) is 2.21. The van der Waals surface area contributed by atoms with E-state index in [1.807, 2.05) is 0 Å². The number of amides is 1. The van der Waals surface area contributed by atoms with Gasteiger partial charge in [0, 0.05) is 18.7 Å². The van der Waals surface area contributed by atoms with Crippen molar-refractivity contribution >= 4 is 22.6 Å². The lowest BCUT2D eigenvalue weighted by atomic mass is 9.98. The Labute approximate surface area is 147 Å². The summed E-state index contributed by atoms with van der Waals surface area (Å²) < 4.78 is 5.73. The van der Waals surface area contributed by atoms with Gasteiger partial charge in [-0.2, -0.15) is 0 Å². The van der Waals surface area contributed by atoms with Crippen LogP contribution in [-0.4, -0.2) is 22.3 Å². The Morgan fingerprint density at radius 3 is 2.65 bits per heavy atom. The topological polar surface area (TPSA) is 93.7 Å². The molecule has 7 nitrogen and oxygen atoms in total. The van der Waals surface area contributed by atoms with Crippen LogP contribution >= 0.6 is 0 Å². The maximum absolute atomic E-state index is 13.1. The zero-order valence-corrected chi connectivity index (χ0v) is 13.8. The van der Waals surface area contributed by atoms with Crippen LogP contribution in [0.5, 0.6) is 0 Å². The smallest absolute Gasteiger partial charge is 0.290 e. The van der Waals surface area contributed by atoms with Crippen LogP contribution in [0.15, 0.2) is 57.7 Å². The highest BCUT2D eigenvalue weighted by molar-refractivity contribution is 5.99. The second-order valence-electron chi connectivity index (χ2n) is 6.02. The molecule has 0 spiro atoms. The molecule has 1 aromatic heterocycles. The number of para-hydroxylation sites is 1. The predicted molar refractivity (Wildman–Crippen MR) is 94.1 cm³/mol. The number of rotatable bonds is 3. The van der Waals surface area contributed by atoms with Crippen LogP contribution in [-0.2, 0) is 0 Å². The van der Waals surface area contributed by atoms with Gasteiger partial charge in [-0.05, 0) is 24.6 Å². The average Bonchev–Trinajstić information content (AvgIpc) is 2.94. The number of carbonyl (C=O) groups excluding carboxylic acids is 1. The van der Waals surface area contributed by atoms with E-state index in [1.54, 1.807) is 43.3 Å². The van der Waals surface area contributed by atoms with Crippen molar-refractivity contribution in [1.29, 1.82) is 0 Å². The quantitative estimate of drug-likeness (QED) is 0.534. The molecule has 26 heavy (non-hydrogen) atoms. The first-order valence-electron chi connectivity index (χ1n) is 8.14. The van der Waals surface area contributed by atoms with Crippen molar-refractivity contribution in [3.8, 4) is 0 Å². The number of hydrogen-bond donors (Lipinski definition) is 0. The van der Waals surface area contributed by atoms with E-state index in [0.717, 1.165) is 0 Å². The summed E-state index contributed by atoms with van der Waals surface area (Å²) in [6.45, 7) is 2.13. The second-order valence-corrected chi connectivity index (χ2v) is 6.02. The lowest BCUT2D eigenvalue weighted by molar-refractivity contribution is -0.384. The molecule has 0 fully saturated rings. The maximum atomic E-state index is 13.1. The number of fused-ring (bicyclic) bond motifs is 2. The zero-order valence-electron chi connectivity index (χ0n) is 13.8. The predicted octanol–water partition coefficient (Wildman–Crippen LogP) is 3.27. The van der Waals surface area contributed by atoms with Crippen LogP contribution in [0.25, 0.3) is 11.0 Å². The summed E-state index contributed by atoms with van der Waals surface area (Å²) in [7, 11) is 0.